The summed E-state index contributed by atoms with van der Waals surface area (Å²) < 4.78 is 5.83. The van der Waals surface area contributed by atoms with Crippen molar-refractivity contribution >= 4 is 17.5 Å². The Hall–Kier alpha value is -3.60. The molecule has 0 bridgehead atoms. The smallest absolute Gasteiger partial charge is 0.265 e. The normalized spacial score (nSPS) is 14.4. The number of hydrogen-bond donors (Lipinski definition) is 1. The van der Waals surface area contributed by atoms with Gasteiger partial charge in [-0.3, -0.25) is 9.59 Å². The predicted octanol–water partition coefficient (Wildman–Crippen LogP) is 4.88. The summed E-state index contributed by atoms with van der Waals surface area (Å²) in [6.45, 7) is 3.10. The molecule has 1 atom stereocenters. The van der Waals surface area contributed by atoms with Gasteiger partial charge in [0.15, 0.2) is 6.10 Å². The van der Waals surface area contributed by atoms with Gasteiger partial charge in [0.2, 0.25) is 5.91 Å². The van der Waals surface area contributed by atoms with Crippen molar-refractivity contribution < 1.29 is 14.3 Å². The number of benzene rings is 3. The molecule has 1 unspecified atom stereocenters. The minimum Gasteiger partial charge on any atom is -0.481 e. The number of nitrogens with one attached hydrogen (secondary N) is 1. The number of rotatable bonds is 7. The second kappa shape index (κ2) is 9.47. The molecule has 1 aliphatic heterocycles. The number of carbonyl (C=O) groups is 2. The van der Waals surface area contributed by atoms with E-state index in [4.69, 9.17) is 4.74 Å². The van der Waals surface area contributed by atoms with Crippen LogP contribution in [0.4, 0.5) is 5.69 Å². The zero-order valence-electron chi connectivity index (χ0n) is 17.6. The average molecular weight is 415 g/mol. The number of carbonyl (C=O) groups excluding carboxylic acids is 2. The van der Waals surface area contributed by atoms with E-state index in [0.29, 0.717) is 24.4 Å². The largest absolute Gasteiger partial charge is 0.481 e. The van der Waals surface area contributed by atoms with Gasteiger partial charge < -0.3 is 15.0 Å². The van der Waals surface area contributed by atoms with Crippen LogP contribution < -0.4 is 10.1 Å². The van der Waals surface area contributed by atoms with Gasteiger partial charge in [-0.1, -0.05) is 54.6 Å². The van der Waals surface area contributed by atoms with Crippen molar-refractivity contribution in [2.24, 2.45) is 0 Å². The quantitative estimate of drug-likeness (QED) is 0.599. The van der Waals surface area contributed by atoms with Crippen molar-refractivity contribution in [2.75, 3.05) is 11.9 Å². The summed E-state index contributed by atoms with van der Waals surface area (Å²) in [6.07, 6.45) is 0.889. The monoisotopic (exact) mass is 414 g/mol. The first-order chi connectivity index (χ1) is 15.1. The Kier molecular flexibility index (Phi) is 6.32. The fraction of sp³-hybridized carbons (Fsp3) is 0.231. The van der Waals surface area contributed by atoms with Crippen LogP contribution in [0.15, 0.2) is 78.9 Å². The fourth-order valence-corrected chi connectivity index (χ4v) is 3.70. The Labute approximate surface area is 182 Å². The summed E-state index contributed by atoms with van der Waals surface area (Å²) in [5.41, 5.74) is 3.93. The minimum absolute atomic E-state index is 0.190. The van der Waals surface area contributed by atoms with Crippen LogP contribution in [0.5, 0.6) is 5.75 Å². The maximum absolute atomic E-state index is 12.6. The summed E-state index contributed by atoms with van der Waals surface area (Å²) in [5.74, 6) is 0.611. The molecule has 158 valence electrons. The highest BCUT2D eigenvalue weighted by atomic mass is 16.5. The van der Waals surface area contributed by atoms with Gasteiger partial charge in [-0.25, -0.2) is 0 Å². The lowest BCUT2D eigenvalue weighted by Gasteiger charge is -2.17. The molecule has 5 heteroatoms. The number of amides is 2. The molecule has 3 aromatic carbocycles. The number of likely N-dealkylation sites (tertiary alicyclic amines) is 1. The molecule has 31 heavy (non-hydrogen) atoms. The van der Waals surface area contributed by atoms with Gasteiger partial charge in [-0.2, -0.15) is 0 Å². The highest BCUT2D eigenvalue weighted by Crippen LogP contribution is 2.23. The van der Waals surface area contributed by atoms with E-state index in [0.717, 1.165) is 29.7 Å². The fourth-order valence-electron chi connectivity index (χ4n) is 3.70. The number of hydrogen-bond acceptors (Lipinski definition) is 3. The minimum atomic E-state index is -0.647. The SMILES string of the molecule is CC(Oc1ccc(-c2ccccc2)cc1)C(=O)Nc1cccc(CN2CCCC2=O)c1. The lowest BCUT2D eigenvalue weighted by atomic mass is 10.1. The van der Waals surface area contributed by atoms with E-state index in [1.165, 1.54) is 0 Å². The topological polar surface area (TPSA) is 58.6 Å². The third kappa shape index (κ3) is 5.31. The lowest BCUT2D eigenvalue weighted by molar-refractivity contribution is -0.128. The van der Waals surface area contributed by atoms with E-state index in [1.807, 2.05) is 71.6 Å². The molecule has 0 spiro atoms. The van der Waals surface area contributed by atoms with Crippen molar-refractivity contribution in [3.8, 4) is 16.9 Å². The molecule has 3 aromatic rings. The molecular weight excluding hydrogens is 388 g/mol. The first-order valence-electron chi connectivity index (χ1n) is 10.6. The van der Waals surface area contributed by atoms with E-state index in [-0.39, 0.29) is 11.8 Å². The second-order valence-corrected chi connectivity index (χ2v) is 7.76. The first-order valence-corrected chi connectivity index (χ1v) is 10.6. The molecule has 0 aromatic heterocycles. The van der Waals surface area contributed by atoms with Crippen LogP contribution in [0.25, 0.3) is 11.1 Å². The van der Waals surface area contributed by atoms with Crippen LogP contribution in [0.1, 0.15) is 25.3 Å². The molecule has 4 rings (SSSR count). The molecule has 0 radical (unpaired) electrons. The van der Waals surface area contributed by atoms with Gasteiger partial charge in [0.05, 0.1) is 0 Å². The van der Waals surface area contributed by atoms with Crippen LogP contribution in [0.3, 0.4) is 0 Å². The third-order valence-corrected chi connectivity index (χ3v) is 5.38. The molecule has 1 heterocycles. The number of nitrogens with zero attached hydrogens (tertiary/aromatic N) is 1. The average Bonchev–Trinajstić information content (AvgIpc) is 3.19. The molecule has 1 saturated heterocycles. The van der Waals surface area contributed by atoms with E-state index < -0.39 is 6.10 Å². The maximum atomic E-state index is 12.6. The van der Waals surface area contributed by atoms with E-state index in [2.05, 4.69) is 17.4 Å². The highest BCUT2D eigenvalue weighted by molar-refractivity contribution is 5.94. The number of anilines is 1. The highest BCUT2D eigenvalue weighted by Gasteiger charge is 2.20. The van der Waals surface area contributed by atoms with Gasteiger partial charge in [0.25, 0.3) is 5.91 Å². The van der Waals surface area contributed by atoms with Gasteiger partial charge >= 0.3 is 0 Å². The van der Waals surface area contributed by atoms with Crippen molar-refractivity contribution in [1.82, 2.24) is 4.90 Å². The summed E-state index contributed by atoms with van der Waals surface area (Å²) in [4.78, 5) is 26.3. The summed E-state index contributed by atoms with van der Waals surface area (Å²) in [5, 5.41) is 2.91. The predicted molar refractivity (Wildman–Crippen MR) is 122 cm³/mol. The first kappa shape index (κ1) is 20.7. The Bertz CT molecular complexity index is 1050. The van der Waals surface area contributed by atoms with E-state index in [9.17, 15) is 9.59 Å². The summed E-state index contributed by atoms with van der Waals surface area (Å²) in [7, 11) is 0. The zero-order chi connectivity index (χ0) is 21.6. The molecule has 0 aliphatic carbocycles. The summed E-state index contributed by atoms with van der Waals surface area (Å²) >= 11 is 0. The van der Waals surface area contributed by atoms with Crippen molar-refractivity contribution in [3.05, 3.63) is 84.4 Å². The second-order valence-electron chi connectivity index (χ2n) is 7.76. The zero-order valence-corrected chi connectivity index (χ0v) is 17.6. The van der Waals surface area contributed by atoms with Crippen LogP contribution in [0, 0.1) is 0 Å². The van der Waals surface area contributed by atoms with Gasteiger partial charge in [0.1, 0.15) is 5.75 Å². The van der Waals surface area contributed by atoms with Crippen molar-refractivity contribution in [3.63, 3.8) is 0 Å². The lowest BCUT2D eigenvalue weighted by Crippen LogP contribution is -2.30. The Balaban J connectivity index is 1.34. The molecule has 1 fully saturated rings. The standard InChI is InChI=1S/C26H26N2O3/c1-19(31-24-14-12-22(13-15-24)21-8-3-2-4-9-21)26(30)27-23-10-5-7-20(17-23)18-28-16-6-11-25(28)29/h2-5,7-10,12-15,17,19H,6,11,16,18H2,1H3,(H,27,30). The maximum Gasteiger partial charge on any atom is 0.265 e. The number of ether oxygens (including phenoxy) is 1. The molecule has 0 saturated carbocycles. The molecule has 5 nitrogen and oxygen atoms in total. The Morgan fingerprint density at radius 2 is 1.74 bits per heavy atom. The van der Waals surface area contributed by atoms with Crippen LogP contribution in [-0.2, 0) is 16.1 Å². The van der Waals surface area contributed by atoms with Crippen molar-refractivity contribution in [1.29, 1.82) is 0 Å². The van der Waals surface area contributed by atoms with Crippen LogP contribution in [-0.4, -0.2) is 29.4 Å². The van der Waals surface area contributed by atoms with Crippen molar-refractivity contribution in [2.45, 2.75) is 32.4 Å². The van der Waals surface area contributed by atoms with E-state index >= 15 is 0 Å². The summed E-state index contributed by atoms with van der Waals surface area (Å²) in [6, 6.07) is 25.4. The Morgan fingerprint density at radius 1 is 1.00 bits per heavy atom. The van der Waals surface area contributed by atoms with Crippen LogP contribution >= 0.6 is 0 Å². The van der Waals surface area contributed by atoms with Gasteiger partial charge in [-0.05, 0) is 54.3 Å². The molecule has 1 N–H and O–H groups in total. The molecular formula is C26H26N2O3. The molecule has 2 amide bonds. The van der Waals surface area contributed by atoms with E-state index in [1.54, 1.807) is 6.92 Å². The Morgan fingerprint density at radius 3 is 2.45 bits per heavy atom. The van der Waals surface area contributed by atoms with Gasteiger partial charge in [-0.15, -0.1) is 0 Å². The van der Waals surface area contributed by atoms with Crippen LogP contribution in [0.2, 0.25) is 0 Å². The third-order valence-electron chi connectivity index (χ3n) is 5.38. The molecule has 1 aliphatic rings. The van der Waals surface area contributed by atoms with Gasteiger partial charge in [0, 0.05) is 25.2 Å².